The van der Waals surface area contributed by atoms with Crippen molar-refractivity contribution in [1.82, 2.24) is 10.6 Å². The lowest BCUT2D eigenvalue weighted by Gasteiger charge is -2.20. The summed E-state index contributed by atoms with van der Waals surface area (Å²) in [6.07, 6.45) is -0.422. The van der Waals surface area contributed by atoms with Crippen LogP contribution in [-0.4, -0.2) is 65.1 Å². The molecule has 0 aliphatic carbocycles. The van der Waals surface area contributed by atoms with Gasteiger partial charge in [-0.05, 0) is 12.8 Å². The number of hydrogen-bond acceptors (Lipinski definition) is 6. The van der Waals surface area contributed by atoms with Crippen LogP contribution in [0.25, 0.3) is 0 Å². The zero-order chi connectivity index (χ0) is 18.7. The number of hydrogen-bond donors (Lipinski definition) is 7. The maximum Gasteiger partial charge on any atom is 0.326 e. The Labute approximate surface area is 137 Å². The van der Waals surface area contributed by atoms with Gasteiger partial charge in [-0.2, -0.15) is 0 Å². The highest BCUT2D eigenvalue weighted by Gasteiger charge is 2.27. The number of amides is 2. The third-order valence-corrected chi connectivity index (χ3v) is 2.78. The molecule has 0 bridgehead atoms. The summed E-state index contributed by atoms with van der Waals surface area (Å²) in [6.45, 7) is -0.269. The van der Waals surface area contributed by atoms with Crippen LogP contribution >= 0.6 is 0 Å². The molecule has 0 aromatic carbocycles. The molecule has 0 heterocycles. The van der Waals surface area contributed by atoms with Gasteiger partial charge in [-0.3, -0.25) is 19.4 Å². The van der Waals surface area contributed by atoms with Gasteiger partial charge in [0.25, 0.3) is 0 Å². The Balaban J connectivity index is 4.78. The summed E-state index contributed by atoms with van der Waals surface area (Å²) in [4.78, 5) is 48.9. The molecule has 0 aliphatic heterocycles. The Kier molecular flexibility index (Phi) is 9.48. The Morgan fingerprint density at radius 3 is 2.12 bits per heavy atom. The maximum atomic E-state index is 12.0. The number of nitrogens with one attached hydrogen (secondary N) is 2. The Hall–Kier alpha value is -2.89. The van der Waals surface area contributed by atoms with Crippen LogP contribution in [0, 0.1) is 0 Å². The molecule has 0 spiro atoms. The van der Waals surface area contributed by atoms with Crippen molar-refractivity contribution in [2.45, 2.75) is 31.3 Å². The van der Waals surface area contributed by atoms with E-state index in [2.05, 4.69) is 15.6 Å². The molecule has 2 amide bonds. The van der Waals surface area contributed by atoms with Crippen molar-refractivity contribution < 1.29 is 29.4 Å². The fourth-order valence-electron chi connectivity index (χ4n) is 1.67. The van der Waals surface area contributed by atoms with Crippen LogP contribution in [0.2, 0.25) is 0 Å². The molecule has 2 atom stereocenters. The van der Waals surface area contributed by atoms with Gasteiger partial charge >= 0.3 is 11.9 Å². The fraction of sp³-hybridized carbons (Fsp3) is 0.583. The van der Waals surface area contributed by atoms with Gasteiger partial charge in [0.2, 0.25) is 11.8 Å². The predicted octanol–water partition coefficient (Wildman–Crippen LogP) is -3.47. The lowest BCUT2D eigenvalue weighted by Crippen LogP contribution is -2.53. The van der Waals surface area contributed by atoms with Crippen LogP contribution in [-0.2, 0) is 19.2 Å². The third kappa shape index (κ3) is 9.19. The number of carbonyl (C=O) groups excluding carboxylic acids is 2. The van der Waals surface area contributed by atoms with Gasteiger partial charge in [0, 0.05) is 6.54 Å². The van der Waals surface area contributed by atoms with Crippen LogP contribution in [0.3, 0.4) is 0 Å². The number of guanidine groups is 1. The molecular formula is C12H22N6O6. The average Bonchev–Trinajstić information content (AvgIpc) is 2.48. The Morgan fingerprint density at radius 1 is 1.04 bits per heavy atom. The highest BCUT2D eigenvalue weighted by atomic mass is 16.4. The number of nitrogens with zero attached hydrogens (tertiary/aromatic N) is 1. The number of rotatable bonds is 11. The molecule has 0 rings (SSSR count). The number of aliphatic carboxylic acids is 2. The Bertz CT molecular complexity index is 504. The SMILES string of the molecule is NCC(=O)N[C@@H](CC(=O)O)C(=O)N[C@@H](CCCN=C(N)N)C(=O)O. The summed E-state index contributed by atoms with van der Waals surface area (Å²) in [5, 5.41) is 22.2. The number of carboxylic acids is 2. The minimum absolute atomic E-state index is 0.0163. The van der Waals surface area contributed by atoms with Crippen molar-refractivity contribution in [2.75, 3.05) is 13.1 Å². The van der Waals surface area contributed by atoms with E-state index in [1.54, 1.807) is 0 Å². The van der Waals surface area contributed by atoms with E-state index in [0.29, 0.717) is 0 Å². The van der Waals surface area contributed by atoms with Crippen molar-refractivity contribution in [3.05, 3.63) is 0 Å². The van der Waals surface area contributed by atoms with E-state index in [0.717, 1.165) is 0 Å². The van der Waals surface area contributed by atoms with Crippen LogP contribution in [0.4, 0.5) is 0 Å². The summed E-state index contributed by atoms with van der Waals surface area (Å²) in [6, 6.07) is -2.71. The summed E-state index contributed by atoms with van der Waals surface area (Å²) in [5.74, 6) is -4.47. The van der Waals surface area contributed by atoms with Crippen LogP contribution in [0.1, 0.15) is 19.3 Å². The smallest absolute Gasteiger partial charge is 0.326 e. The first-order valence-corrected chi connectivity index (χ1v) is 6.97. The van der Waals surface area contributed by atoms with Crippen molar-refractivity contribution in [2.24, 2.45) is 22.2 Å². The minimum atomic E-state index is -1.43. The molecule has 0 saturated heterocycles. The summed E-state index contributed by atoms with van der Waals surface area (Å²) in [5.41, 5.74) is 15.4. The molecular weight excluding hydrogens is 324 g/mol. The van der Waals surface area contributed by atoms with E-state index in [1.165, 1.54) is 0 Å². The molecule has 12 nitrogen and oxygen atoms in total. The maximum absolute atomic E-state index is 12.0. The second-order valence-electron chi connectivity index (χ2n) is 4.77. The zero-order valence-electron chi connectivity index (χ0n) is 12.9. The highest BCUT2D eigenvalue weighted by Crippen LogP contribution is 2.01. The average molecular weight is 346 g/mol. The molecule has 0 radical (unpaired) electrons. The highest BCUT2D eigenvalue weighted by molar-refractivity contribution is 5.93. The molecule has 0 saturated carbocycles. The lowest BCUT2D eigenvalue weighted by molar-refractivity contribution is -0.143. The number of nitrogens with two attached hydrogens (primary N) is 3. The molecule has 10 N–H and O–H groups in total. The van der Waals surface area contributed by atoms with E-state index in [1.807, 2.05) is 0 Å². The van der Waals surface area contributed by atoms with Crippen LogP contribution in [0.15, 0.2) is 4.99 Å². The van der Waals surface area contributed by atoms with Crippen LogP contribution < -0.4 is 27.8 Å². The van der Waals surface area contributed by atoms with Crippen molar-refractivity contribution in [3.63, 3.8) is 0 Å². The molecule has 0 unspecified atom stereocenters. The first kappa shape index (κ1) is 21.1. The second-order valence-corrected chi connectivity index (χ2v) is 4.77. The van der Waals surface area contributed by atoms with Gasteiger partial charge in [-0.15, -0.1) is 0 Å². The molecule has 0 aromatic rings. The number of carboxylic acid groups (broad SMARTS) is 2. The predicted molar refractivity (Wildman–Crippen MR) is 82.7 cm³/mol. The van der Waals surface area contributed by atoms with E-state index < -0.39 is 48.8 Å². The normalized spacial score (nSPS) is 12.5. The van der Waals surface area contributed by atoms with E-state index >= 15 is 0 Å². The van der Waals surface area contributed by atoms with Crippen molar-refractivity contribution >= 4 is 29.7 Å². The van der Waals surface area contributed by atoms with Crippen molar-refractivity contribution in [3.8, 4) is 0 Å². The largest absolute Gasteiger partial charge is 0.481 e. The topological polar surface area (TPSA) is 223 Å². The van der Waals surface area contributed by atoms with E-state index in [-0.39, 0.29) is 25.3 Å². The van der Waals surface area contributed by atoms with E-state index in [4.69, 9.17) is 27.4 Å². The quantitative estimate of drug-likeness (QED) is 0.112. The fourth-order valence-corrected chi connectivity index (χ4v) is 1.67. The minimum Gasteiger partial charge on any atom is -0.481 e. The summed E-state index contributed by atoms with van der Waals surface area (Å²) in [7, 11) is 0. The van der Waals surface area contributed by atoms with Gasteiger partial charge in [-0.1, -0.05) is 0 Å². The van der Waals surface area contributed by atoms with Gasteiger partial charge in [0.05, 0.1) is 13.0 Å². The standard InChI is InChI=1S/C12H22N6O6/c13-5-8(19)17-7(4-9(20)21)10(22)18-6(11(23)24)2-1-3-16-12(14)15/h6-7H,1-5,13H2,(H,17,19)(H,18,22)(H,20,21)(H,23,24)(H4,14,15,16)/t6-,7-/m0/s1. The first-order valence-electron chi connectivity index (χ1n) is 6.97. The molecule has 0 fully saturated rings. The summed E-state index contributed by atoms with van der Waals surface area (Å²) < 4.78 is 0. The third-order valence-electron chi connectivity index (χ3n) is 2.78. The molecule has 24 heavy (non-hydrogen) atoms. The Morgan fingerprint density at radius 2 is 1.67 bits per heavy atom. The van der Waals surface area contributed by atoms with Crippen LogP contribution in [0.5, 0.6) is 0 Å². The second kappa shape index (κ2) is 10.8. The first-order chi connectivity index (χ1) is 11.2. The van der Waals surface area contributed by atoms with Gasteiger partial charge in [0.15, 0.2) is 5.96 Å². The van der Waals surface area contributed by atoms with Gasteiger partial charge in [0.1, 0.15) is 12.1 Å². The van der Waals surface area contributed by atoms with E-state index in [9.17, 15) is 19.2 Å². The van der Waals surface area contributed by atoms with Gasteiger partial charge < -0.3 is 38.0 Å². The molecule has 0 aliphatic rings. The molecule has 0 aromatic heterocycles. The summed E-state index contributed by atoms with van der Waals surface area (Å²) >= 11 is 0. The number of carbonyl (C=O) groups is 4. The van der Waals surface area contributed by atoms with Crippen molar-refractivity contribution in [1.29, 1.82) is 0 Å². The van der Waals surface area contributed by atoms with Gasteiger partial charge in [-0.25, -0.2) is 4.79 Å². The molecule has 136 valence electrons. The number of aliphatic imine (C=N–C) groups is 1. The lowest BCUT2D eigenvalue weighted by atomic mass is 10.1. The zero-order valence-corrected chi connectivity index (χ0v) is 12.9. The molecule has 12 heteroatoms. The monoisotopic (exact) mass is 346 g/mol.